The lowest BCUT2D eigenvalue weighted by atomic mass is 10.1. The fourth-order valence-electron chi connectivity index (χ4n) is 1.82. The van der Waals surface area contributed by atoms with E-state index in [4.69, 9.17) is 5.11 Å². The van der Waals surface area contributed by atoms with E-state index >= 15 is 0 Å². The van der Waals surface area contributed by atoms with Crippen LogP contribution in [0.15, 0.2) is 0 Å². The maximum atomic E-state index is 11.6. The minimum atomic E-state index is -0.774. The summed E-state index contributed by atoms with van der Waals surface area (Å²) in [5, 5.41) is 8.70. The molecule has 2 aliphatic carbocycles. The topological polar surface area (TPSA) is 54.4 Å². The highest BCUT2D eigenvalue weighted by molar-refractivity contribution is 7.85. The highest BCUT2D eigenvalue weighted by Gasteiger charge is 2.46. The lowest BCUT2D eigenvalue weighted by Gasteiger charge is -2.11. The fourth-order valence-corrected chi connectivity index (χ4v) is 3.87. The molecule has 0 amide bonds. The number of carbonyl (C=O) groups is 1. The van der Waals surface area contributed by atoms with Crippen molar-refractivity contribution >= 4 is 16.8 Å². The van der Waals surface area contributed by atoms with Gasteiger partial charge in [-0.15, -0.1) is 0 Å². The monoisotopic (exact) mass is 216 g/mol. The Balaban J connectivity index is 1.77. The van der Waals surface area contributed by atoms with Gasteiger partial charge in [0.1, 0.15) is 0 Å². The summed E-state index contributed by atoms with van der Waals surface area (Å²) in [6.45, 7) is 0. The summed E-state index contributed by atoms with van der Waals surface area (Å²) < 4.78 is 11.6. The Hall–Kier alpha value is -0.380. The van der Waals surface area contributed by atoms with Gasteiger partial charge in [-0.05, 0) is 37.0 Å². The summed E-state index contributed by atoms with van der Waals surface area (Å²) in [7, 11) is -0.774. The summed E-state index contributed by atoms with van der Waals surface area (Å²) >= 11 is 0. The normalized spacial score (nSPS) is 25.7. The average molecular weight is 216 g/mol. The van der Waals surface area contributed by atoms with Gasteiger partial charge in [0, 0.05) is 22.3 Å². The fraction of sp³-hybridized carbons (Fsp3) is 0.900. The second-order valence-electron chi connectivity index (χ2n) is 4.76. The predicted molar refractivity (Wildman–Crippen MR) is 54.5 cm³/mol. The molecule has 2 saturated carbocycles. The molecule has 1 N–H and O–H groups in total. The number of aliphatic carboxylic acids is 1. The number of rotatable bonds is 6. The zero-order valence-electron chi connectivity index (χ0n) is 8.20. The van der Waals surface area contributed by atoms with Crippen LogP contribution >= 0.6 is 0 Å². The van der Waals surface area contributed by atoms with E-state index in [1.54, 1.807) is 0 Å². The molecule has 80 valence electrons. The molecule has 4 heteroatoms. The lowest BCUT2D eigenvalue weighted by Crippen LogP contribution is -2.18. The molecule has 0 radical (unpaired) electrons. The predicted octanol–water partition coefficient (Wildman–Crippen LogP) is 1.40. The Bertz CT molecular complexity index is 267. The van der Waals surface area contributed by atoms with Crippen LogP contribution < -0.4 is 0 Å². The van der Waals surface area contributed by atoms with Crippen LogP contribution in [0.2, 0.25) is 0 Å². The van der Waals surface area contributed by atoms with Gasteiger partial charge in [-0.25, -0.2) is 0 Å². The van der Waals surface area contributed by atoms with Crippen LogP contribution in [0.1, 0.15) is 32.1 Å². The van der Waals surface area contributed by atoms with Crippen LogP contribution in [-0.4, -0.2) is 26.8 Å². The molecule has 0 aromatic carbocycles. The van der Waals surface area contributed by atoms with Crippen LogP contribution in [0, 0.1) is 11.3 Å². The molecule has 3 nitrogen and oxygen atoms in total. The van der Waals surface area contributed by atoms with Gasteiger partial charge in [0.05, 0.1) is 6.42 Å². The molecule has 0 bridgehead atoms. The van der Waals surface area contributed by atoms with Crippen LogP contribution in [0.25, 0.3) is 0 Å². The average Bonchev–Trinajstić information content (AvgIpc) is 2.88. The first kappa shape index (κ1) is 10.1. The Morgan fingerprint density at radius 1 is 1.43 bits per heavy atom. The summed E-state index contributed by atoms with van der Waals surface area (Å²) in [6, 6.07) is 0. The van der Waals surface area contributed by atoms with Crippen LogP contribution in [0.5, 0.6) is 0 Å². The molecule has 0 spiro atoms. The van der Waals surface area contributed by atoms with Crippen molar-refractivity contribution in [3.63, 3.8) is 0 Å². The van der Waals surface area contributed by atoms with Gasteiger partial charge in [0.15, 0.2) is 0 Å². The molecule has 2 aliphatic rings. The highest BCUT2D eigenvalue weighted by atomic mass is 32.2. The van der Waals surface area contributed by atoms with E-state index in [1.807, 2.05) is 0 Å². The van der Waals surface area contributed by atoms with Crippen LogP contribution in [0.4, 0.5) is 0 Å². The van der Waals surface area contributed by atoms with E-state index in [1.165, 1.54) is 12.8 Å². The quantitative estimate of drug-likeness (QED) is 0.730. The second-order valence-corrected chi connectivity index (χ2v) is 6.27. The van der Waals surface area contributed by atoms with Gasteiger partial charge in [0.2, 0.25) is 0 Å². The molecule has 0 aromatic rings. The van der Waals surface area contributed by atoms with Crippen molar-refractivity contribution in [1.82, 2.24) is 0 Å². The van der Waals surface area contributed by atoms with Crippen molar-refractivity contribution in [1.29, 1.82) is 0 Å². The van der Waals surface area contributed by atoms with Crippen molar-refractivity contribution in [2.45, 2.75) is 32.1 Å². The number of hydrogen-bond acceptors (Lipinski definition) is 2. The van der Waals surface area contributed by atoms with Gasteiger partial charge >= 0.3 is 5.97 Å². The molecule has 0 aliphatic heterocycles. The largest absolute Gasteiger partial charge is 0.481 e. The third-order valence-corrected chi connectivity index (χ3v) is 4.85. The molecule has 2 rings (SSSR count). The van der Waals surface area contributed by atoms with Crippen LogP contribution in [0.3, 0.4) is 0 Å². The standard InChI is InChI=1S/C10H16O3S/c11-9(12)5-10(3-4-10)7-14(13)6-8-1-2-8/h8H,1-7H2,(H,11,12). The molecule has 1 unspecified atom stereocenters. The van der Waals surface area contributed by atoms with Crippen molar-refractivity contribution in [2.24, 2.45) is 11.3 Å². The Labute approximate surface area is 86.3 Å². The third-order valence-electron chi connectivity index (χ3n) is 3.07. The molecular weight excluding hydrogens is 200 g/mol. The zero-order chi connectivity index (χ0) is 10.2. The molecular formula is C10H16O3S. The van der Waals surface area contributed by atoms with E-state index in [2.05, 4.69) is 0 Å². The minimum absolute atomic E-state index is 0.0917. The molecule has 0 aromatic heterocycles. The van der Waals surface area contributed by atoms with Gasteiger partial charge in [0.25, 0.3) is 0 Å². The van der Waals surface area contributed by atoms with Crippen molar-refractivity contribution in [3.8, 4) is 0 Å². The molecule has 0 heterocycles. The molecule has 14 heavy (non-hydrogen) atoms. The van der Waals surface area contributed by atoms with Gasteiger partial charge in [-0.1, -0.05) is 0 Å². The summed E-state index contributed by atoms with van der Waals surface area (Å²) in [5.41, 5.74) is -0.0917. The maximum Gasteiger partial charge on any atom is 0.303 e. The van der Waals surface area contributed by atoms with Crippen molar-refractivity contribution in [3.05, 3.63) is 0 Å². The number of hydrogen-bond donors (Lipinski definition) is 1. The Kier molecular flexibility index (Phi) is 2.64. The molecule has 0 saturated heterocycles. The second kappa shape index (κ2) is 3.65. The van der Waals surface area contributed by atoms with Gasteiger partial charge < -0.3 is 5.11 Å². The smallest absolute Gasteiger partial charge is 0.303 e. The van der Waals surface area contributed by atoms with E-state index in [0.717, 1.165) is 18.6 Å². The first-order valence-electron chi connectivity index (χ1n) is 5.16. The zero-order valence-corrected chi connectivity index (χ0v) is 9.02. The number of carboxylic acids is 1. The Morgan fingerprint density at radius 2 is 2.07 bits per heavy atom. The lowest BCUT2D eigenvalue weighted by molar-refractivity contribution is -0.138. The van der Waals surface area contributed by atoms with Gasteiger partial charge in [-0.2, -0.15) is 0 Å². The van der Waals surface area contributed by atoms with E-state index < -0.39 is 16.8 Å². The molecule has 2 fully saturated rings. The van der Waals surface area contributed by atoms with Crippen molar-refractivity contribution < 1.29 is 14.1 Å². The third kappa shape index (κ3) is 2.80. The first-order valence-corrected chi connectivity index (χ1v) is 6.65. The van der Waals surface area contributed by atoms with E-state index in [0.29, 0.717) is 11.7 Å². The van der Waals surface area contributed by atoms with Crippen LogP contribution in [-0.2, 0) is 15.6 Å². The van der Waals surface area contributed by atoms with Crippen molar-refractivity contribution in [2.75, 3.05) is 11.5 Å². The number of carboxylic acid groups (broad SMARTS) is 1. The minimum Gasteiger partial charge on any atom is -0.481 e. The maximum absolute atomic E-state index is 11.6. The highest BCUT2D eigenvalue weighted by Crippen LogP contribution is 2.49. The molecule has 1 atom stereocenters. The van der Waals surface area contributed by atoms with E-state index in [-0.39, 0.29) is 11.8 Å². The Morgan fingerprint density at radius 3 is 2.50 bits per heavy atom. The first-order chi connectivity index (χ1) is 6.60. The summed E-state index contributed by atoms with van der Waals surface area (Å²) in [4.78, 5) is 10.6. The van der Waals surface area contributed by atoms with E-state index in [9.17, 15) is 9.00 Å². The summed E-state index contributed by atoms with van der Waals surface area (Å²) in [5.74, 6) is 1.36. The van der Waals surface area contributed by atoms with Gasteiger partial charge in [-0.3, -0.25) is 9.00 Å². The summed E-state index contributed by atoms with van der Waals surface area (Å²) in [6.07, 6.45) is 4.56. The SMILES string of the molecule is O=C(O)CC1(CS(=O)CC2CC2)CC1.